The monoisotopic (exact) mass is 361 g/mol. The Kier molecular flexibility index (Phi) is 9.41. The second kappa shape index (κ2) is 10.8. The van der Waals surface area contributed by atoms with Crippen LogP contribution in [-0.4, -0.2) is 45.2 Å². The van der Waals surface area contributed by atoms with Crippen LogP contribution in [0.4, 0.5) is 0 Å². The molecule has 5 nitrogen and oxygen atoms in total. The number of benzene rings is 1. The van der Waals surface area contributed by atoms with E-state index in [4.69, 9.17) is 19.3 Å². The van der Waals surface area contributed by atoms with Crippen molar-refractivity contribution in [1.29, 1.82) is 0 Å². The Bertz CT molecular complexity index is 415. The first-order chi connectivity index (χ1) is 10.2. The van der Waals surface area contributed by atoms with Crippen LogP contribution in [0, 0.1) is 0 Å². The zero-order chi connectivity index (χ0) is 15.5. The molecule has 0 saturated carbocycles. The second-order valence-corrected chi connectivity index (χ2v) is 5.29. The molecule has 0 aliphatic rings. The van der Waals surface area contributed by atoms with Gasteiger partial charge in [-0.15, -0.1) is 0 Å². The van der Waals surface area contributed by atoms with Crippen LogP contribution >= 0.6 is 15.9 Å². The molecule has 0 aliphatic carbocycles. The van der Waals surface area contributed by atoms with Crippen molar-refractivity contribution in [3.8, 4) is 11.5 Å². The maximum atomic E-state index is 8.83. The molecule has 1 aromatic rings. The van der Waals surface area contributed by atoms with Gasteiger partial charge in [0, 0.05) is 33.2 Å². The van der Waals surface area contributed by atoms with E-state index in [0.29, 0.717) is 37.7 Å². The predicted octanol–water partition coefficient (Wildman–Crippen LogP) is 2.35. The Labute approximate surface area is 134 Å². The van der Waals surface area contributed by atoms with E-state index in [0.717, 1.165) is 23.1 Å². The molecule has 0 spiro atoms. The van der Waals surface area contributed by atoms with Gasteiger partial charge < -0.3 is 24.6 Å². The molecule has 0 fully saturated rings. The molecule has 6 heteroatoms. The van der Waals surface area contributed by atoms with E-state index in [2.05, 4.69) is 21.2 Å². The molecule has 21 heavy (non-hydrogen) atoms. The minimum atomic E-state index is 0.114. The second-order valence-electron chi connectivity index (χ2n) is 4.43. The van der Waals surface area contributed by atoms with Gasteiger partial charge >= 0.3 is 0 Å². The van der Waals surface area contributed by atoms with Gasteiger partial charge in [-0.3, -0.25) is 0 Å². The highest BCUT2D eigenvalue weighted by Gasteiger charge is 2.12. The van der Waals surface area contributed by atoms with Crippen molar-refractivity contribution in [1.82, 2.24) is 5.32 Å². The van der Waals surface area contributed by atoms with Crippen LogP contribution in [0.3, 0.4) is 0 Å². The number of aliphatic hydroxyl groups is 1. The van der Waals surface area contributed by atoms with Crippen LogP contribution in [0.15, 0.2) is 16.6 Å². The van der Waals surface area contributed by atoms with Crippen molar-refractivity contribution in [2.45, 2.75) is 19.9 Å². The predicted molar refractivity (Wildman–Crippen MR) is 86.1 cm³/mol. The van der Waals surface area contributed by atoms with Crippen molar-refractivity contribution >= 4 is 15.9 Å². The van der Waals surface area contributed by atoms with E-state index in [-0.39, 0.29) is 6.61 Å². The first kappa shape index (κ1) is 18.2. The van der Waals surface area contributed by atoms with Gasteiger partial charge in [0.25, 0.3) is 0 Å². The Morgan fingerprint density at radius 2 is 2.05 bits per heavy atom. The van der Waals surface area contributed by atoms with Crippen LogP contribution in [0.25, 0.3) is 0 Å². The zero-order valence-electron chi connectivity index (χ0n) is 12.7. The Hall–Kier alpha value is -0.820. The summed E-state index contributed by atoms with van der Waals surface area (Å²) in [6, 6.07) is 3.99. The molecular formula is C15H24BrNO4. The number of halogens is 1. The fourth-order valence-electron chi connectivity index (χ4n) is 1.77. The number of aliphatic hydroxyl groups excluding tert-OH is 1. The molecule has 0 radical (unpaired) electrons. The standard InChI is InChI=1S/C15H24BrNO4/c1-3-20-14-10-12(11-17-5-8-19-2)9-13(16)15(14)21-7-4-6-18/h9-10,17-18H,3-8,11H2,1-2H3. The lowest BCUT2D eigenvalue weighted by Gasteiger charge is -2.15. The summed E-state index contributed by atoms with van der Waals surface area (Å²) in [6.45, 7) is 5.30. The highest BCUT2D eigenvalue weighted by Crippen LogP contribution is 2.37. The summed E-state index contributed by atoms with van der Waals surface area (Å²) >= 11 is 3.52. The highest BCUT2D eigenvalue weighted by molar-refractivity contribution is 9.10. The average molecular weight is 362 g/mol. The molecule has 2 N–H and O–H groups in total. The van der Waals surface area contributed by atoms with E-state index in [1.807, 2.05) is 19.1 Å². The van der Waals surface area contributed by atoms with Gasteiger partial charge in [-0.2, -0.15) is 0 Å². The van der Waals surface area contributed by atoms with Crippen LogP contribution in [-0.2, 0) is 11.3 Å². The van der Waals surface area contributed by atoms with Gasteiger partial charge in [0.15, 0.2) is 11.5 Å². The van der Waals surface area contributed by atoms with E-state index in [1.54, 1.807) is 7.11 Å². The molecule has 0 amide bonds. The summed E-state index contributed by atoms with van der Waals surface area (Å²) in [5.41, 5.74) is 1.11. The first-order valence-electron chi connectivity index (χ1n) is 7.11. The Morgan fingerprint density at radius 3 is 2.71 bits per heavy atom. The summed E-state index contributed by atoms with van der Waals surface area (Å²) in [7, 11) is 1.68. The third-order valence-corrected chi connectivity index (χ3v) is 3.32. The van der Waals surface area contributed by atoms with Gasteiger partial charge in [0.2, 0.25) is 0 Å². The molecule has 0 saturated heterocycles. The number of rotatable bonds is 11. The van der Waals surface area contributed by atoms with E-state index in [9.17, 15) is 0 Å². The lowest BCUT2D eigenvalue weighted by Crippen LogP contribution is -2.18. The van der Waals surface area contributed by atoms with E-state index in [1.165, 1.54) is 0 Å². The minimum Gasteiger partial charge on any atom is -0.490 e. The average Bonchev–Trinajstić information content (AvgIpc) is 2.47. The van der Waals surface area contributed by atoms with Crippen LogP contribution in [0.2, 0.25) is 0 Å². The lowest BCUT2D eigenvalue weighted by atomic mass is 10.2. The smallest absolute Gasteiger partial charge is 0.175 e. The largest absolute Gasteiger partial charge is 0.490 e. The molecule has 0 aliphatic heterocycles. The molecule has 0 atom stereocenters. The van der Waals surface area contributed by atoms with Gasteiger partial charge in [0.1, 0.15) is 0 Å². The highest BCUT2D eigenvalue weighted by atomic mass is 79.9. The normalized spacial score (nSPS) is 10.7. The maximum Gasteiger partial charge on any atom is 0.175 e. The Morgan fingerprint density at radius 1 is 1.24 bits per heavy atom. The fourth-order valence-corrected chi connectivity index (χ4v) is 2.38. The quantitative estimate of drug-likeness (QED) is 0.592. The molecule has 120 valence electrons. The first-order valence-corrected chi connectivity index (χ1v) is 7.90. The van der Waals surface area contributed by atoms with Crippen LogP contribution in [0.1, 0.15) is 18.9 Å². The molecule has 0 aromatic heterocycles. The number of ether oxygens (including phenoxy) is 3. The summed E-state index contributed by atoms with van der Waals surface area (Å²) in [5, 5.41) is 12.1. The molecule has 0 heterocycles. The van der Waals surface area contributed by atoms with Crippen LogP contribution < -0.4 is 14.8 Å². The maximum absolute atomic E-state index is 8.83. The third kappa shape index (κ3) is 6.65. The van der Waals surface area contributed by atoms with Crippen molar-refractivity contribution < 1.29 is 19.3 Å². The van der Waals surface area contributed by atoms with Crippen LogP contribution in [0.5, 0.6) is 11.5 Å². The summed E-state index contributed by atoms with van der Waals surface area (Å²) in [5.74, 6) is 1.40. The number of methoxy groups -OCH3 is 1. The van der Waals surface area contributed by atoms with E-state index >= 15 is 0 Å². The zero-order valence-corrected chi connectivity index (χ0v) is 14.2. The van der Waals surface area contributed by atoms with Crippen molar-refractivity contribution in [3.63, 3.8) is 0 Å². The number of hydrogen-bond acceptors (Lipinski definition) is 5. The fraction of sp³-hybridized carbons (Fsp3) is 0.600. The Balaban J connectivity index is 2.74. The number of hydrogen-bond donors (Lipinski definition) is 2. The van der Waals surface area contributed by atoms with Gasteiger partial charge in [0.05, 0.1) is 24.3 Å². The van der Waals surface area contributed by atoms with Crippen molar-refractivity contribution in [3.05, 3.63) is 22.2 Å². The SMILES string of the molecule is CCOc1cc(CNCCOC)cc(Br)c1OCCCO. The minimum absolute atomic E-state index is 0.114. The van der Waals surface area contributed by atoms with Gasteiger partial charge in [-0.1, -0.05) is 0 Å². The van der Waals surface area contributed by atoms with E-state index < -0.39 is 0 Å². The van der Waals surface area contributed by atoms with Crippen molar-refractivity contribution in [2.24, 2.45) is 0 Å². The molecular weight excluding hydrogens is 338 g/mol. The summed E-state index contributed by atoms with van der Waals surface area (Å²) in [6.07, 6.45) is 0.596. The lowest BCUT2D eigenvalue weighted by molar-refractivity contribution is 0.199. The molecule has 1 aromatic carbocycles. The molecule has 0 bridgehead atoms. The summed E-state index contributed by atoms with van der Waals surface area (Å²) < 4.78 is 17.2. The summed E-state index contributed by atoms with van der Waals surface area (Å²) in [4.78, 5) is 0. The van der Waals surface area contributed by atoms with Gasteiger partial charge in [-0.05, 0) is 40.5 Å². The topological polar surface area (TPSA) is 60.0 Å². The molecule has 0 unspecified atom stereocenters. The van der Waals surface area contributed by atoms with Crippen molar-refractivity contribution in [2.75, 3.05) is 40.1 Å². The third-order valence-electron chi connectivity index (χ3n) is 2.73. The molecule has 1 rings (SSSR count). The van der Waals surface area contributed by atoms with Gasteiger partial charge in [-0.25, -0.2) is 0 Å². The number of nitrogens with one attached hydrogen (secondary N) is 1.